The number of thiazole rings is 1. The molecule has 0 spiro atoms. The van der Waals surface area contributed by atoms with Crippen LogP contribution in [0.1, 0.15) is 10.4 Å². The van der Waals surface area contributed by atoms with Crippen molar-refractivity contribution < 1.29 is 4.79 Å². The number of nitrogens with zero attached hydrogens (tertiary/aromatic N) is 1. The van der Waals surface area contributed by atoms with Crippen molar-refractivity contribution in [3.63, 3.8) is 0 Å². The van der Waals surface area contributed by atoms with Crippen LogP contribution in [-0.2, 0) is 0 Å². The third kappa shape index (κ3) is 3.14. The van der Waals surface area contributed by atoms with Gasteiger partial charge in [0.25, 0.3) is 5.91 Å². The van der Waals surface area contributed by atoms with Crippen LogP contribution in [0.2, 0.25) is 5.02 Å². The Bertz CT molecular complexity index is 1030. The predicted octanol–water partition coefficient (Wildman–Crippen LogP) is 5.87. The Morgan fingerprint density at radius 1 is 0.920 bits per heavy atom. The Morgan fingerprint density at radius 2 is 1.68 bits per heavy atom. The molecule has 1 heterocycles. The molecule has 0 aliphatic carbocycles. The third-order valence-corrected chi connectivity index (χ3v) is 5.17. The number of aromatic nitrogens is 1. The molecule has 0 saturated carbocycles. The molecule has 4 rings (SSSR count). The molecule has 1 amide bonds. The first-order valence-electron chi connectivity index (χ1n) is 7.73. The highest BCUT2D eigenvalue weighted by Gasteiger charge is 2.16. The second-order valence-electron chi connectivity index (χ2n) is 5.47. The van der Waals surface area contributed by atoms with Gasteiger partial charge in [-0.25, -0.2) is 4.98 Å². The summed E-state index contributed by atoms with van der Waals surface area (Å²) in [7, 11) is 0. The van der Waals surface area contributed by atoms with Gasteiger partial charge in [-0.1, -0.05) is 48.0 Å². The molecule has 0 fully saturated rings. The molecule has 0 atom stereocenters. The van der Waals surface area contributed by atoms with Crippen molar-refractivity contribution in [2.45, 2.75) is 0 Å². The van der Waals surface area contributed by atoms with Crippen molar-refractivity contribution in [1.29, 1.82) is 0 Å². The average Bonchev–Trinajstić information content (AvgIpc) is 3.06. The first-order valence-corrected chi connectivity index (χ1v) is 8.93. The highest BCUT2D eigenvalue weighted by atomic mass is 35.5. The lowest BCUT2D eigenvalue weighted by Gasteiger charge is -2.11. The minimum Gasteiger partial charge on any atom is -0.321 e. The van der Waals surface area contributed by atoms with Gasteiger partial charge in [0.2, 0.25) is 0 Å². The second-order valence-corrected chi connectivity index (χ2v) is 6.91. The van der Waals surface area contributed by atoms with Gasteiger partial charge < -0.3 is 5.32 Å². The molecular formula is C20H13ClN2OS. The Balaban J connectivity index is 1.77. The molecule has 3 aromatic carbocycles. The summed E-state index contributed by atoms with van der Waals surface area (Å²) < 4.78 is 1.08. The summed E-state index contributed by atoms with van der Waals surface area (Å²) in [5, 5.41) is 4.30. The van der Waals surface area contributed by atoms with Gasteiger partial charge in [-0.2, -0.15) is 0 Å². The molecule has 122 valence electrons. The third-order valence-electron chi connectivity index (χ3n) is 3.81. The maximum absolute atomic E-state index is 12.5. The summed E-state index contributed by atoms with van der Waals surface area (Å²) in [5.74, 6) is -0.176. The van der Waals surface area contributed by atoms with Gasteiger partial charge in [-0.05, 0) is 36.4 Å². The number of anilines is 1. The van der Waals surface area contributed by atoms with E-state index >= 15 is 0 Å². The van der Waals surface area contributed by atoms with Crippen molar-refractivity contribution in [1.82, 2.24) is 4.98 Å². The maximum Gasteiger partial charge on any atom is 0.255 e. The summed E-state index contributed by atoms with van der Waals surface area (Å²) >= 11 is 7.99. The molecule has 0 radical (unpaired) electrons. The Morgan fingerprint density at radius 3 is 2.48 bits per heavy atom. The van der Waals surface area contributed by atoms with Gasteiger partial charge >= 0.3 is 0 Å². The zero-order valence-electron chi connectivity index (χ0n) is 13.1. The Hall–Kier alpha value is -2.69. The van der Waals surface area contributed by atoms with Gasteiger partial charge in [0.05, 0.1) is 26.5 Å². The molecule has 0 bridgehead atoms. The van der Waals surface area contributed by atoms with Crippen molar-refractivity contribution in [2.24, 2.45) is 0 Å². The van der Waals surface area contributed by atoms with Crippen LogP contribution >= 0.6 is 22.9 Å². The van der Waals surface area contributed by atoms with Gasteiger partial charge in [-0.3, -0.25) is 4.79 Å². The van der Waals surface area contributed by atoms with E-state index in [-0.39, 0.29) is 5.91 Å². The summed E-state index contributed by atoms with van der Waals surface area (Å²) in [6.45, 7) is 0. The zero-order chi connectivity index (χ0) is 17.2. The minimum absolute atomic E-state index is 0.176. The van der Waals surface area contributed by atoms with Crippen molar-refractivity contribution in [3.05, 3.63) is 83.4 Å². The average molecular weight is 365 g/mol. The summed E-state index contributed by atoms with van der Waals surface area (Å²) in [6.07, 6.45) is 0. The van der Waals surface area contributed by atoms with Crippen LogP contribution in [0.15, 0.2) is 72.8 Å². The topological polar surface area (TPSA) is 42.0 Å². The molecule has 4 aromatic rings. The molecular weight excluding hydrogens is 352 g/mol. The van der Waals surface area contributed by atoms with E-state index in [1.807, 2.05) is 54.6 Å². The van der Waals surface area contributed by atoms with Crippen molar-refractivity contribution in [3.8, 4) is 10.6 Å². The number of para-hydroxylation sites is 1. The van der Waals surface area contributed by atoms with E-state index in [4.69, 9.17) is 11.6 Å². The first kappa shape index (κ1) is 15.8. The van der Waals surface area contributed by atoms with Crippen LogP contribution in [0.4, 0.5) is 5.69 Å². The number of amides is 1. The van der Waals surface area contributed by atoms with Crippen LogP contribution in [0, 0.1) is 0 Å². The molecule has 5 heteroatoms. The summed E-state index contributed by atoms with van der Waals surface area (Å²) in [4.78, 5) is 17.2. The van der Waals surface area contributed by atoms with E-state index in [1.54, 1.807) is 29.5 Å². The Labute approximate surface area is 153 Å². The number of carbonyl (C=O) groups is 1. The largest absolute Gasteiger partial charge is 0.321 e. The summed E-state index contributed by atoms with van der Waals surface area (Å²) in [5.41, 5.74) is 2.91. The van der Waals surface area contributed by atoms with E-state index in [1.165, 1.54) is 0 Å². The number of nitrogens with one attached hydrogen (secondary N) is 1. The molecule has 25 heavy (non-hydrogen) atoms. The molecule has 1 aromatic heterocycles. The number of carbonyl (C=O) groups excluding carboxylic acids is 1. The quantitative estimate of drug-likeness (QED) is 0.494. The first-order chi connectivity index (χ1) is 12.2. The predicted molar refractivity (Wildman–Crippen MR) is 104 cm³/mol. The number of hydrogen-bond acceptors (Lipinski definition) is 3. The van der Waals surface area contributed by atoms with Crippen LogP contribution < -0.4 is 5.32 Å². The van der Waals surface area contributed by atoms with E-state index in [0.29, 0.717) is 16.3 Å². The van der Waals surface area contributed by atoms with Gasteiger partial charge in [0.1, 0.15) is 5.01 Å². The van der Waals surface area contributed by atoms with E-state index in [0.717, 1.165) is 20.8 Å². The van der Waals surface area contributed by atoms with E-state index in [2.05, 4.69) is 10.3 Å². The normalized spacial score (nSPS) is 10.8. The molecule has 0 saturated heterocycles. The van der Waals surface area contributed by atoms with Crippen molar-refractivity contribution in [2.75, 3.05) is 5.32 Å². The number of halogens is 1. The minimum atomic E-state index is -0.176. The molecule has 3 nitrogen and oxygen atoms in total. The van der Waals surface area contributed by atoms with Crippen LogP contribution in [0.25, 0.3) is 20.8 Å². The van der Waals surface area contributed by atoms with Gasteiger partial charge in [0.15, 0.2) is 0 Å². The fourth-order valence-corrected chi connectivity index (χ4v) is 3.97. The fourth-order valence-electron chi connectivity index (χ4n) is 2.61. The van der Waals surface area contributed by atoms with Crippen LogP contribution in [0.5, 0.6) is 0 Å². The standard InChI is InChI=1S/C20H13ClN2OS/c21-14-9-6-11-16(22-19(24)13-7-2-1-3-8-13)18(14)20-23-15-10-4-5-12-17(15)25-20/h1-12H,(H,22,24). The molecule has 0 aliphatic heterocycles. The highest BCUT2D eigenvalue weighted by Crippen LogP contribution is 2.39. The highest BCUT2D eigenvalue weighted by molar-refractivity contribution is 7.21. The lowest BCUT2D eigenvalue weighted by Crippen LogP contribution is -2.12. The molecule has 1 N–H and O–H groups in total. The lowest BCUT2D eigenvalue weighted by molar-refractivity contribution is 0.102. The molecule has 0 unspecified atom stereocenters. The maximum atomic E-state index is 12.5. The number of fused-ring (bicyclic) bond motifs is 1. The van der Waals surface area contributed by atoms with Crippen LogP contribution in [0.3, 0.4) is 0 Å². The Kier molecular flexibility index (Phi) is 4.22. The summed E-state index contributed by atoms with van der Waals surface area (Å²) in [6, 6.07) is 22.5. The van der Waals surface area contributed by atoms with E-state index < -0.39 is 0 Å². The van der Waals surface area contributed by atoms with Crippen LogP contribution in [-0.4, -0.2) is 10.9 Å². The van der Waals surface area contributed by atoms with Crippen molar-refractivity contribution >= 4 is 44.7 Å². The van der Waals surface area contributed by atoms with Gasteiger partial charge in [-0.15, -0.1) is 11.3 Å². The fraction of sp³-hybridized carbons (Fsp3) is 0. The smallest absolute Gasteiger partial charge is 0.255 e. The lowest BCUT2D eigenvalue weighted by atomic mass is 10.1. The van der Waals surface area contributed by atoms with E-state index in [9.17, 15) is 4.79 Å². The van der Waals surface area contributed by atoms with Gasteiger partial charge in [0, 0.05) is 5.56 Å². The number of rotatable bonds is 3. The number of hydrogen-bond donors (Lipinski definition) is 1. The number of benzene rings is 3. The zero-order valence-corrected chi connectivity index (χ0v) is 14.6. The monoisotopic (exact) mass is 364 g/mol. The second kappa shape index (κ2) is 6.67. The molecule has 0 aliphatic rings. The SMILES string of the molecule is O=C(Nc1cccc(Cl)c1-c1nc2ccccc2s1)c1ccccc1.